The molecule has 0 saturated heterocycles. The third-order valence-electron chi connectivity index (χ3n) is 6.11. The smallest absolute Gasteiger partial charge is 0.231 e. The summed E-state index contributed by atoms with van der Waals surface area (Å²) in [5.41, 5.74) is 2.67. The Morgan fingerprint density at radius 1 is 0.973 bits per heavy atom. The summed E-state index contributed by atoms with van der Waals surface area (Å²) >= 11 is 0. The topological polar surface area (TPSA) is 65.5 Å². The fourth-order valence-electron chi connectivity index (χ4n) is 4.21. The van der Waals surface area contributed by atoms with E-state index >= 15 is 0 Å². The summed E-state index contributed by atoms with van der Waals surface area (Å²) in [5, 5.41) is 4.89. The lowest BCUT2D eigenvalue weighted by atomic mass is 10.0. The highest BCUT2D eigenvalue weighted by Crippen LogP contribution is 2.25. The van der Waals surface area contributed by atoms with Crippen molar-refractivity contribution in [3.63, 3.8) is 0 Å². The Morgan fingerprint density at radius 2 is 1.68 bits per heavy atom. The number of fused-ring (bicyclic) bond motifs is 1. The molecule has 3 aromatic carbocycles. The average molecular weight is 503 g/mol. The van der Waals surface area contributed by atoms with Gasteiger partial charge < -0.3 is 19.9 Å². The van der Waals surface area contributed by atoms with Crippen LogP contribution in [0, 0.1) is 11.6 Å². The van der Waals surface area contributed by atoms with Gasteiger partial charge in [-0.1, -0.05) is 24.3 Å². The fraction of sp³-hybridized carbons (Fsp3) is 0.207. The third-order valence-corrected chi connectivity index (χ3v) is 6.11. The van der Waals surface area contributed by atoms with Crippen molar-refractivity contribution in [2.75, 3.05) is 36.5 Å². The highest BCUT2D eigenvalue weighted by molar-refractivity contribution is 5.97. The number of carbonyl (C=O) groups is 2. The van der Waals surface area contributed by atoms with E-state index in [1.54, 1.807) is 12.4 Å². The summed E-state index contributed by atoms with van der Waals surface area (Å²) < 4.78 is 27.8. The van der Waals surface area contributed by atoms with E-state index in [-0.39, 0.29) is 18.9 Å². The molecule has 0 saturated carbocycles. The van der Waals surface area contributed by atoms with Gasteiger partial charge in [0.05, 0.1) is 19.5 Å². The molecule has 1 aromatic heterocycles. The van der Waals surface area contributed by atoms with E-state index < -0.39 is 11.6 Å². The lowest BCUT2D eigenvalue weighted by molar-refractivity contribution is -0.118. The van der Waals surface area contributed by atoms with Crippen molar-refractivity contribution in [2.24, 2.45) is 0 Å². The van der Waals surface area contributed by atoms with Gasteiger partial charge in [0.2, 0.25) is 5.91 Å². The third kappa shape index (κ3) is 6.74. The predicted molar refractivity (Wildman–Crippen MR) is 142 cm³/mol. The van der Waals surface area contributed by atoms with Gasteiger partial charge in [-0.25, -0.2) is 8.78 Å². The maximum atomic E-state index is 13.9. The number of rotatable bonds is 11. The highest BCUT2D eigenvalue weighted by Gasteiger charge is 2.19. The molecule has 4 aromatic rings. The quantitative estimate of drug-likeness (QED) is 0.242. The molecule has 0 bridgehead atoms. The predicted octanol–water partition coefficient (Wildman–Crippen LogP) is 4.51. The molecule has 0 aliphatic heterocycles. The number of likely N-dealkylation sites (N-methyl/N-ethyl adjacent to an activating group) is 1. The Kier molecular flexibility index (Phi) is 8.53. The molecule has 0 atom stereocenters. The van der Waals surface area contributed by atoms with E-state index in [0.29, 0.717) is 30.9 Å². The minimum atomic E-state index is -0.694. The van der Waals surface area contributed by atoms with Crippen LogP contribution in [0.1, 0.15) is 11.1 Å². The lowest BCUT2D eigenvalue weighted by Crippen LogP contribution is -2.32. The van der Waals surface area contributed by atoms with Crippen molar-refractivity contribution < 1.29 is 18.4 Å². The molecule has 1 N–H and O–H groups in total. The van der Waals surface area contributed by atoms with Gasteiger partial charge in [-0.05, 0) is 52.9 Å². The number of halogens is 2. The van der Waals surface area contributed by atoms with E-state index in [9.17, 15) is 18.4 Å². The van der Waals surface area contributed by atoms with Crippen LogP contribution in [0.25, 0.3) is 10.8 Å². The van der Waals surface area contributed by atoms with Crippen LogP contribution in [0.2, 0.25) is 0 Å². The molecule has 0 fully saturated rings. The van der Waals surface area contributed by atoms with Crippen molar-refractivity contribution >= 4 is 34.3 Å². The number of nitrogens with one attached hydrogen (secondary N) is 1. The normalized spacial score (nSPS) is 10.9. The number of amides is 1. The monoisotopic (exact) mass is 502 g/mol. The van der Waals surface area contributed by atoms with Gasteiger partial charge in [-0.15, -0.1) is 0 Å². The first-order chi connectivity index (χ1) is 17.9. The SMILES string of the molecule is CN(CCNCC=O)c1ccc(N(Cc2cc(F)cc(F)c2)C(=O)Cc2cncc3ccccc23)cc1. The number of anilines is 2. The van der Waals surface area contributed by atoms with Gasteiger partial charge >= 0.3 is 0 Å². The molecule has 6 nitrogen and oxygen atoms in total. The molecule has 8 heteroatoms. The average Bonchev–Trinajstić information content (AvgIpc) is 2.89. The van der Waals surface area contributed by atoms with E-state index in [0.717, 1.165) is 34.4 Å². The van der Waals surface area contributed by atoms with Crippen molar-refractivity contribution in [3.8, 4) is 0 Å². The first-order valence-corrected chi connectivity index (χ1v) is 12.0. The molecule has 0 aliphatic carbocycles. The summed E-state index contributed by atoms with van der Waals surface area (Å²) in [5.74, 6) is -1.61. The van der Waals surface area contributed by atoms with Crippen LogP contribution >= 0.6 is 0 Å². The van der Waals surface area contributed by atoms with Crippen molar-refractivity contribution in [1.82, 2.24) is 10.3 Å². The Hall–Kier alpha value is -4.17. The van der Waals surface area contributed by atoms with Crippen LogP contribution in [-0.4, -0.2) is 43.9 Å². The van der Waals surface area contributed by atoms with Crippen LogP contribution in [0.5, 0.6) is 0 Å². The molecule has 0 unspecified atom stereocenters. The zero-order valence-electron chi connectivity index (χ0n) is 20.5. The largest absolute Gasteiger partial charge is 0.373 e. The molecular weight excluding hydrogens is 474 g/mol. The number of aldehydes is 1. The van der Waals surface area contributed by atoms with Gasteiger partial charge in [-0.2, -0.15) is 0 Å². The molecule has 190 valence electrons. The number of nitrogens with zero attached hydrogens (tertiary/aromatic N) is 3. The maximum absolute atomic E-state index is 13.9. The molecule has 1 amide bonds. The maximum Gasteiger partial charge on any atom is 0.231 e. The first kappa shape index (κ1) is 25.9. The minimum absolute atomic E-state index is 0.0104. The number of aromatic nitrogens is 1. The van der Waals surface area contributed by atoms with E-state index in [2.05, 4.69) is 10.3 Å². The Bertz CT molecular complexity index is 1350. The van der Waals surface area contributed by atoms with E-state index in [1.807, 2.05) is 60.5 Å². The van der Waals surface area contributed by atoms with Crippen molar-refractivity contribution in [3.05, 3.63) is 102 Å². The molecule has 0 spiro atoms. The Balaban J connectivity index is 1.60. The number of hydrogen-bond acceptors (Lipinski definition) is 5. The van der Waals surface area contributed by atoms with Crippen LogP contribution < -0.4 is 15.1 Å². The molecule has 37 heavy (non-hydrogen) atoms. The molecule has 0 radical (unpaired) electrons. The van der Waals surface area contributed by atoms with Crippen molar-refractivity contribution in [2.45, 2.75) is 13.0 Å². The zero-order valence-corrected chi connectivity index (χ0v) is 20.5. The number of pyridine rings is 1. The second-order valence-electron chi connectivity index (χ2n) is 8.76. The second-order valence-corrected chi connectivity index (χ2v) is 8.76. The standard InChI is InChI=1S/C29H28F2N4O2/c1-34(12-10-32-11-13-36)26-6-8-27(9-7-26)35(20-21-14-24(30)17-25(31)15-21)29(37)16-23-19-33-18-22-4-2-3-5-28(22)23/h2-9,13-15,17-19,32H,10-12,16,20H2,1H3. The number of hydrogen-bond donors (Lipinski definition) is 1. The molecule has 0 aliphatic rings. The number of benzene rings is 3. The molecule has 4 rings (SSSR count). The molecule has 1 heterocycles. The number of carbonyl (C=O) groups excluding carboxylic acids is 2. The highest BCUT2D eigenvalue weighted by atomic mass is 19.1. The van der Waals surface area contributed by atoms with Gasteiger partial charge in [0, 0.05) is 55.4 Å². The summed E-state index contributed by atoms with van der Waals surface area (Å²) in [4.78, 5) is 31.9. The Morgan fingerprint density at radius 3 is 2.41 bits per heavy atom. The Labute approximate surface area is 214 Å². The minimum Gasteiger partial charge on any atom is -0.373 e. The van der Waals surface area contributed by atoms with E-state index in [1.165, 1.54) is 17.0 Å². The fourth-order valence-corrected chi connectivity index (χ4v) is 4.21. The van der Waals surface area contributed by atoms with Gasteiger partial charge in [0.15, 0.2) is 0 Å². The van der Waals surface area contributed by atoms with Crippen LogP contribution in [-0.2, 0) is 22.6 Å². The summed E-state index contributed by atoms with van der Waals surface area (Å²) in [6, 6.07) is 18.4. The molecular formula is C29H28F2N4O2. The first-order valence-electron chi connectivity index (χ1n) is 12.0. The lowest BCUT2D eigenvalue weighted by Gasteiger charge is -2.25. The van der Waals surface area contributed by atoms with Gasteiger partial charge in [0.25, 0.3) is 0 Å². The van der Waals surface area contributed by atoms with Crippen molar-refractivity contribution in [1.29, 1.82) is 0 Å². The second kappa shape index (κ2) is 12.2. The summed E-state index contributed by atoms with van der Waals surface area (Å²) in [6.07, 6.45) is 4.33. The van der Waals surface area contributed by atoms with Crippen LogP contribution in [0.3, 0.4) is 0 Å². The van der Waals surface area contributed by atoms with Crippen LogP contribution in [0.4, 0.5) is 20.2 Å². The van der Waals surface area contributed by atoms with Crippen LogP contribution in [0.15, 0.2) is 79.1 Å². The van der Waals surface area contributed by atoms with Gasteiger partial charge in [-0.3, -0.25) is 9.78 Å². The van der Waals surface area contributed by atoms with Gasteiger partial charge in [0.1, 0.15) is 17.9 Å². The zero-order chi connectivity index (χ0) is 26.2. The summed E-state index contributed by atoms with van der Waals surface area (Å²) in [7, 11) is 1.93. The summed E-state index contributed by atoms with van der Waals surface area (Å²) in [6.45, 7) is 1.64. The van der Waals surface area contributed by atoms with E-state index in [4.69, 9.17) is 0 Å².